The summed E-state index contributed by atoms with van der Waals surface area (Å²) < 4.78 is 6.96. The zero-order valence-corrected chi connectivity index (χ0v) is 9.93. The number of nitrogens with zero attached hydrogens (tertiary/aromatic N) is 2. The number of amides is 1. The van der Waals surface area contributed by atoms with Crippen molar-refractivity contribution in [1.82, 2.24) is 15.1 Å². The van der Waals surface area contributed by atoms with Crippen LogP contribution in [0.2, 0.25) is 0 Å². The van der Waals surface area contributed by atoms with E-state index in [2.05, 4.69) is 10.4 Å². The summed E-state index contributed by atoms with van der Waals surface area (Å²) in [5, 5.41) is 6.99. The van der Waals surface area contributed by atoms with Crippen LogP contribution < -0.4 is 11.1 Å². The predicted octanol–water partition coefficient (Wildman–Crippen LogP) is -0.719. The van der Waals surface area contributed by atoms with Crippen LogP contribution in [0.5, 0.6) is 0 Å². The first-order valence-corrected chi connectivity index (χ1v) is 5.77. The van der Waals surface area contributed by atoms with Gasteiger partial charge in [0.15, 0.2) is 0 Å². The monoisotopic (exact) mass is 238 g/mol. The molecule has 2 heterocycles. The van der Waals surface area contributed by atoms with Crippen molar-refractivity contribution in [2.24, 2.45) is 11.7 Å². The van der Waals surface area contributed by atoms with Crippen LogP contribution in [0.15, 0.2) is 12.4 Å². The predicted molar refractivity (Wildman–Crippen MR) is 62.3 cm³/mol. The first-order chi connectivity index (χ1) is 8.16. The average molecular weight is 238 g/mol. The zero-order chi connectivity index (χ0) is 12.3. The summed E-state index contributed by atoms with van der Waals surface area (Å²) >= 11 is 0. The van der Waals surface area contributed by atoms with E-state index in [1.165, 1.54) is 0 Å². The minimum atomic E-state index is -0.214. The Balaban J connectivity index is 1.73. The van der Waals surface area contributed by atoms with E-state index in [0.29, 0.717) is 26.3 Å². The lowest BCUT2D eigenvalue weighted by Gasteiger charge is -2.13. The Morgan fingerprint density at radius 3 is 3.12 bits per heavy atom. The maximum Gasteiger partial charge on any atom is 0.227 e. The molecule has 2 rings (SSSR count). The van der Waals surface area contributed by atoms with Gasteiger partial charge in [-0.05, 0) is 12.5 Å². The molecule has 1 saturated heterocycles. The highest BCUT2D eigenvalue weighted by Gasteiger charge is 2.30. The third-order valence-electron chi connectivity index (χ3n) is 2.86. The van der Waals surface area contributed by atoms with Gasteiger partial charge in [0.25, 0.3) is 0 Å². The molecule has 6 nitrogen and oxygen atoms in total. The van der Waals surface area contributed by atoms with E-state index >= 15 is 0 Å². The summed E-state index contributed by atoms with van der Waals surface area (Å²) in [7, 11) is 0. The zero-order valence-electron chi connectivity index (χ0n) is 9.93. The van der Waals surface area contributed by atoms with Gasteiger partial charge in [0, 0.05) is 18.8 Å². The number of nitrogens with one attached hydrogen (secondary N) is 1. The Hall–Kier alpha value is -1.40. The molecular formula is C11H18N4O2. The fraction of sp³-hybridized carbons (Fsp3) is 0.636. The number of hydrogen-bond donors (Lipinski definition) is 2. The van der Waals surface area contributed by atoms with Crippen molar-refractivity contribution < 1.29 is 9.53 Å². The summed E-state index contributed by atoms with van der Waals surface area (Å²) in [4.78, 5) is 11.8. The second-order valence-electron chi connectivity index (χ2n) is 4.38. The van der Waals surface area contributed by atoms with Gasteiger partial charge in [0.2, 0.25) is 5.91 Å². The molecule has 94 valence electrons. The molecule has 2 unspecified atom stereocenters. The smallest absolute Gasteiger partial charge is 0.227 e. The van der Waals surface area contributed by atoms with Gasteiger partial charge in [-0.2, -0.15) is 5.10 Å². The second kappa shape index (κ2) is 5.29. The van der Waals surface area contributed by atoms with Gasteiger partial charge in [-0.3, -0.25) is 9.48 Å². The fourth-order valence-corrected chi connectivity index (χ4v) is 1.85. The Labute approximate surface area is 100 Å². The quantitative estimate of drug-likeness (QED) is 0.725. The molecule has 17 heavy (non-hydrogen) atoms. The SMILES string of the molecule is Cc1cnn(CCNC(=O)C2COCC2N)c1. The molecule has 2 atom stereocenters. The van der Waals surface area contributed by atoms with E-state index in [0.717, 1.165) is 5.56 Å². The minimum Gasteiger partial charge on any atom is -0.379 e. The molecule has 1 fully saturated rings. The maximum absolute atomic E-state index is 11.8. The number of nitrogens with two attached hydrogens (primary N) is 1. The summed E-state index contributed by atoms with van der Waals surface area (Å²) in [5.74, 6) is -0.242. The Morgan fingerprint density at radius 1 is 1.71 bits per heavy atom. The highest BCUT2D eigenvalue weighted by molar-refractivity contribution is 5.79. The van der Waals surface area contributed by atoms with E-state index in [9.17, 15) is 4.79 Å². The Bertz CT molecular complexity index is 391. The standard InChI is InChI=1S/C11H18N4O2/c1-8-4-14-15(5-8)3-2-13-11(16)9-6-17-7-10(9)12/h4-5,9-10H,2-3,6-7,12H2,1H3,(H,13,16). The third-order valence-corrected chi connectivity index (χ3v) is 2.86. The van der Waals surface area contributed by atoms with Crippen molar-refractivity contribution >= 4 is 5.91 Å². The number of rotatable bonds is 4. The first-order valence-electron chi connectivity index (χ1n) is 5.77. The molecule has 1 amide bonds. The summed E-state index contributed by atoms with van der Waals surface area (Å²) in [5.41, 5.74) is 6.88. The lowest BCUT2D eigenvalue weighted by Crippen LogP contribution is -2.41. The third kappa shape index (κ3) is 3.04. The first kappa shape index (κ1) is 12.1. The van der Waals surface area contributed by atoms with E-state index in [4.69, 9.17) is 10.5 Å². The molecule has 1 aromatic heterocycles. The van der Waals surface area contributed by atoms with Gasteiger partial charge in [0.05, 0.1) is 31.9 Å². The topological polar surface area (TPSA) is 82.2 Å². The van der Waals surface area contributed by atoms with Crippen molar-refractivity contribution in [3.63, 3.8) is 0 Å². The highest BCUT2D eigenvalue weighted by Crippen LogP contribution is 2.11. The van der Waals surface area contributed by atoms with Crippen molar-refractivity contribution in [2.45, 2.75) is 19.5 Å². The van der Waals surface area contributed by atoms with Crippen molar-refractivity contribution in [3.8, 4) is 0 Å². The fourth-order valence-electron chi connectivity index (χ4n) is 1.85. The normalized spacial score (nSPS) is 23.9. The van der Waals surface area contributed by atoms with Gasteiger partial charge in [-0.15, -0.1) is 0 Å². The Morgan fingerprint density at radius 2 is 2.53 bits per heavy atom. The van der Waals surface area contributed by atoms with E-state index in [1.54, 1.807) is 10.9 Å². The largest absolute Gasteiger partial charge is 0.379 e. The number of aryl methyl sites for hydroxylation is 1. The molecular weight excluding hydrogens is 220 g/mol. The van der Waals surface area contributed by atoms with Crippen LogP contribution in [0.3, 0.4) is 0 Å². The van der Waals surface area contributed by atoms with Gasteiger partial charge >= 0.3 is 0 Å². The van der Waals surface area contributed by atoms with Crippen LogP contribution in [0.1, 0.15) is 5.56 Å². The Kier molecular flexibility index (Phi) is 3.75. The second-order valence-corrected chi connectivity index (χ2v) is 4.38. The van der Waals surface area contributed by atoms with Gasteiger partial charge in [0.1, 0.15) is 0 Å². The van der Waals surface area contributed by atoms with Crippen molar-refractivity contribution in [1.29, 1.82) is 0 Å². The molecule has 3 N–H and O–H groups in total. The molecule has 0 aromatic carbocycles. The number of carbonyl (C=O) groups is 1. The molecule has 0 saturated carbocycles. The molecule has 6 heteroatoms. The van der Waals surface area contributed by atoms with Crippen LogP contribution in [0.4, 0.5) is 0 Å². The van der Waals surface area contributed by atoms with Crippen LogP contribution >= 0.6 is 0 Å². The van der Waals surface area contributed by atoms with E-state index in [-0.39, 0.29) is 17.9 Å². The minimum absolute atomic E-state index is 0.0288. The number of hydrogen-bond acceptors (Lipinski definition) is 4. The summed E-state index contributed by atoms with van der Waals surface area (Å²) in [6.07, 6.45) is 3.74. The molecule has 0 spiro atoms. The number of carbonyl (C=O) groups excluding carboxylic acids is 1. The van der Waals surface area contributed by atoms with Crippen LogP contribution in [-0.2, 0) is 16.1 Å². The molecule has 0 bridgehead atoms. The summed E-state index contributed by atoms with van der Waals surface area (Å²) in [6, 6.07) is -0.179. The van der Waals surface area contributed by atoms with E-state index in [1.807, 2.05) is 13.1 Å². The average Bonchev–Trinajstić information content (AvgIpc) is 2.87. The van der Waals surface area contributed by atoms with Crippen LogP contribution in [-0.4, -0.2) is 41.5 Å². The van der Waals surface area contributed by atoms with Crippen molar-refractivity contribution in [3.05, 3.63) is 18.0 Å². The molecule has 0 aliphatic carbocycles. The van der Waals surface area contributed by atoms with Crippen LogP contribution in [0.25, 0.3) is 0 Å². The lowest BCUT2D eigenvalue weighted by molar-refractivity contribution is -0.125. The van der Waals surface area contributed by atoms with Crippen molar-refractivity contribution in [2.75, 3.05) is 19.8 Å². The summed E-state index contributed by atoms with van der Waals surface area (Å²) in [6.45, 7) is 4.10. The lowest BCUT2D eigenvalue weighted by atomic mass is 10.0. The number of aromatic nitrogens is 2. The molecule has 0 radical (unpaired) electrons. The highest BCUT2D eigenvalue weighted by atomic mass is 16.5. The van der Waals surface area contributed by atoms with Gasteiger partial charge in [-0.1, -0.05) is 0 Å². The maximum atomic E-state index is 11.8. The molecule has 1 aromatic rings. The molecule has 1 aliphatic rings. The number of ether oxygens (including phenoxy) is 1. The van der Waals surface area contributed by atoms with Gasteiger partial charge in [-0.25, -0.2) is 0 Å². The van der Waals surface area contributed by atoms with Gasteiger partial charge < -0.3 is 15.8 Å². The van der Waals surface area contributed by atoms with Crippen LogP contribution in [0, 0.1) is 12.8 Å². The van der Waals surface area contributed by atoms with E-state index < -0.39 is 0 Å². The molecule has 1 aliphatic heterocycles.